The molecule has 2 aliphatic rings. The van der Waals surface area contributed by atoms with Crippen LogP contribution in [0.2, 0.25) is 0 Å². The van der Waals surface area contributed by atoms with Crippen molar-refractivity contribution in [1.82, 2.24) is 15.5 Å². The first-order valence-electron chi connectivity index (χ1n) is 9.75. The van der Waals surface area contributed by atoms with Gasteiger partial charge in [-0.25, -0.2) is 0 Å². The molecule has 0 amide bonds. The van der Waals surface area contributed by atoms with Gasteiger partial charge in [-0.3, -0.25) is 9.89 Å². The number of aliphatic imine (C=N–C) groups is 1. The minimum atomic E-state index is 0. The lowest BCUT2D eigenvalue weighted by atomic mass is 10.2. The van der Waals surface area contributed by atoms with Crippen LogP contribution in [0.5, 0.6) is 0 Å². The molecule has 2 aliphatic heterocycles. The van der Waals surface area contributed by atoms with E-state index < -0.39 is 0 Å². The third-order valence-electron chi connectivity index (χ3n) is 4.70. The van der Waals surface area contributed by atoms with Gasteiger partial charge in [0.2, 0.25) is 0 Å². The van der Waals surface area contributed by atoms with Gasteiger partial charge in [0.25, 0.3) is 0 Å². The molecular weight excluding hydrogens is 447 g/mol. The smallest absolute Gasteiger partial charge is 0.191 e. The molecule has 7 nitrogen and oxygen atoms in total. The number of guanidine groups is 1. The van der Waals surface area contributed by atoms with Gasteiger partial charge in [-0.1, -0.05) is 0 Å². The van der Waals surface area contributed by atoms with Crippen LogP contribution in [0, 0.1) is 0 Å². The zero-order valence-corrected chi connectivity index (χ0v) is 18.9. The SMILES string of the molecule is CCNC(=NCC(C)N1CCOCC1C)NCCCOC1CCOC1.I. The highest BCUT2D eigenvalue weighted by Crippen LogP contribution is 2.11. The maximum absolute atomic E-state index is 5.79. The largest absolute Gasteiger partial charge is 0.379 e. The molecule has 2 N–H and O–H groups in total. The fourth-order valence-corrected chi connectivity index (χ4v) is 3.24. The van der Waals surface area contributed by atoms with Crippen LogP contribution in [0.4, 0.5) is 0 Å². The molecule has 0 radical (unpaired) electrons. The zero-order valence-electron chi connectivity index (χ0n) is 16.5. The van der Waals surface area contributed by atoms with Crippen molar-refractivity contribution in [2.75, 3.05) is 59.2 Å². The van der Waals surface area contributed by atoms with Gasteiger partial charge >= 0.3 is 0 Å². The normalized spacial score (nSPS) is 25.6. The van der Waals surface area contributed by atoms with E-state index in [1.54, 1.807) is 0 Å². The summed E-state index contributed by atoms with van der Waals surface area (Å²) in [7, 11) is 0. The molecule has 0 spiro atoms. The standard InChI is InChI=1S/C18H36N4O3.HI/c1-4-19-18(20-7-5-9-25-17-6-10-23-14-17)21-12-15(2)22-8-11-24-13-16(22)3;/h15-17H,4-14H2,1-3H3,(H2,19,20,21);1H. The molecule has 3 atom stereocenters. The Morgan fingerprint density at radius 1 is 1.27 bits per heavy atom. The van der Waals surface area contributed by atoms with Crippen LogP contribution in [0.3, 0.4) is 0 Å². The second-order valence-electron chi connectivity index (χ2n) is 6.87. The number of hydrogen-bond donors (Lipinski definition) is 2. The molecule has 2 saturated heterocycles. The Bertz CT molecular complexity index is 395. The molecule has 0 bridgehead atoms. The number of halogens is 1. The highest BCUT2D eigenvalue weighted by atomic mass is 127. The molecule has 0 aromatic carbocycles. The second kappa shape index (κ2) is 13.9. The summed E-state index contributed by atoms with van der Waals surface area (Å²) in [6.07, 6.45) is 2.28. The Kier molecular flexibility index (Phi) is 12.8. The highest BCUT2D eigenvalue weighted by molar-refractivity contribution is 14.0. The van der Waals surface area contributed by atoms with Crippen LogP contribution >= 0.6 is 24.0 Å². The maximum Gasteiger partial charge on any atom is 0.191 e. The molecule has 2 rings (SSSR count). The van der Waals surface area contributed by atoms with Crippen molar-refractivity contribution in [3.8, 4) is 0 Å². The number of ether oxygens (including phenoxy) is 3. The Morgan fingerprint density at radius 2 is 2.08 bits per heavy atom. The minimum Gasteiger partial charge on any atom is -0.379 e. The predicted molar refractivity (Wildman–Crippen MR) is 116 cm³/mol. The van der Waals surface area contributed by atoms with Gasteiger partial charge in [0, 0.05) is 44.9 Å². The summed E-state index contributed by atoms with van der Waals surface area (Å²) in [6, 6.07) is 0.881. The molecule has 26 heavy (non-hydrogen) atoms. The summed E-state index contributed by atoms with van der Waals surface area (Å²) < 4.78 is 16.6. The minimum absolute atomic E-state index is 0. The van der Waals surface area contributed by atoms with Crippen LogP contribution < -0.4 is 10.6 Å². The van der Waals surface area contributed by atoms with Gasteiger partial charge in [-0.15, -0.1) is 24.0 Å². The lowest BCUT2D eigenvalue weighted by Gasteiger charge is -2.37. The summed E-state index contributed by atoms with van der Waals surface area (Å²) in [5.41, 5.74) is 0. The van der Waals surface area contributed by atoms with Crippen molar-refractivity contribution in [1.29, 1.82) is 0 Å². The molecule has 8 heteroatoms. The predicted octanol–water partition coefficient (Wildman–Crippen LogP) is 1.46. The van der Waals surface area contributed by atoms with Gasteiger partial charge in [-0.05, 0) is 33.6 Å². The molecule has 2 heterocycles. The van der Waals surface area contributed by atoms with Crippen LogP contribution in [0.15, 0.2) is 4.99 Å². The van der Waals surface area contributed by atoms with E-state index >= 15 is 0 Å². The van der Waals surface area contributed by atoms with E-state index in [0.717, 1.165) is 78.0 Å². The maximum atomic E-state index is 5.79. The molecule has 2 fully saturated rings. The Hall–Kier alpha value is -0.160. The van der Waals surface area contributed by atoms with E-state index in [1.807, 2.05) is 0 Å². The third-order valence-corrected chi connectivity index (χ3v) is 4.70. The summed E-state index contributed by atoms with van der Waals surface area (Å²) in [6.45, 7) is 14.0. The number of morpholine rings is 1. The number of rotatable bonds is 9. The van der Waals surface area contributed by atoms with Crippen molar-refractivity contribution in [2.24, 2.45) is 4.99 Å². The molecule has 0 aromatic rings. The van der Waals surface area contributed by atoms with Gasteiger partial charge in [0.1, 0.15) is 0 Å². The van der Waals surface area contributed by atoms with Crippen molar-refractivity contribution in [3.63, 3.8) is 0 Å². The van der Waals surface area contributed by atoms with E-state index in [-0.39, 0.29) is 24.0 Å². The Labute approximate surface area is 175 Å². The van der Waals surface area contributed by atoms with E-state index in [2.05, 4.69) is 36.3 Å². The van der Waals surface area contributed by atoms with Crippen molar-refractivity contribution in [3.05, 3.63) is 0 Å². The lowest BCUT2D eigenvalue weighted by molar-refractivity contribution is -0.0165. The first kappa shape index (κ1) is 23.9. The van der Waals surface area contributed by atoms with Crippen molar-refractivity contribution >= 4 is 29.9 Å². The molecule has 154 valence electrons. The highest BCUT2D eigenvalue weighted by Gasteiger charge is 2.23. The number of hydrogen-bond acceptors (Lipinski definition) is 5. The van der Waals surface area contributed by atoms with Crippen molar-refractivity contribution in [2.45, 2.75) is 51.8 Å². The fraction of sp³-hybridized carbons (Fsp3) is 0.944. The average Bonchev–Trinajstić information content (AvgIpc) is 3.13. The topological polar surface area (TPSA) is 67.4 Å². The average molecular weight is 484 g/mol. The van der Waals surface area contributed by atoms with E-state index in [9.17, 15) is 0 Å². The molecule has 0 aliphatic carbocycles. The molecule has 0 saturated carbocycles. The monoisotopic (exact) mass is 484 g/mol. The van der Waals surface area contributed by atoms with Crippen LogP contribution in [0.25, 0.3) is 0 Å². The van der Waals surface area contributed by atoms with E-state index in [0.29, 0.717) is 18.2 Å². The number of nitrogens with one attached hydrogen (secondary N) is 2. The van der Waals surface area contributed by atoms with Gasteiger partial charge in [0.05, 0.1) is 32.5 Å². The van der Waals surface area contributed by atoms with Crippen LogP contribution in [-0.2, 0) is 14.2 Å². The zero-order chi connectivity index (χ0) is 17.9. The molecule has 3 unspecified atom stereocenters. The first-order chi connectivity index (χ1) is 12.2. The van der Waals surface area contributed by atoms with Gasteiger partial charge in [0.15, 0.2) is 5.96 Å². The van der Waals surface area contributed by atoms with Gasteiger partial charge in [-0.2, -0.15) is 0 Å². The Balaban J connectivity index is 0.00000338. The van der Waals surface area contributed by atoms with E-state index in [1.165, 1.54) is 0 Å². The van der Waals surface area contributed by atoms with Gasteiger partial charge < -0.3 is 24.8 Å². The third kappa shape index (κ3) is 8.69. The lowest BCUT2D eigenvalue weighted by Crippen LogP contribution is -2.49. The van der Waals surface area contributed by atoms with Crippen molar-refractivity contribution < 1.29 is 14.2 Å². The summed E-state index contributed by atoms with van der Waals surface area (Å²) >= 11 is 0. The summed E-state index contributed by atoms with van der Waals surface area (Å²) in [5.74, 6) is 0.888. The summed E-state index contributed by atoms with van der Waals surface area (Å²) in [4.78, 5) is 7.23. The second-order valence-corrected chi connectivity index (χ2v) is 6.87. The van der Waals surface area contributed by atoms with E-state index in [4.69, 9.17) is 19.2 Å². The molecular formula is C18H37IN4O3. The van der Waals surface area contributed by atoms with Crippen LogP contribution in [0.1, 0.15) is 33.6 Å². The fourth-order valence-electron chi connectivity index (χ4n) is 3.24. The van der Waals surface area contributed by atoms with Crippen LogP contribution in [-0.4, -0.2) is 88.3 Å². The Morgan fingerprint density at radius 3 is 2.77 bits per heavy atom. The number of nitrogens with zero attached hydrogens (tertiary/aromatic N) is 2. The molecule has 0 aromatic heterocycles. The quantitative estimate of drug-likeness (QED) is 0.224. The summed E-state index contributed by atoms with van der Waals surface area (Å²) in [5, 5.41) is 6.72. The first-order valence-corrected chi connectivity index (χ1v) is 9.75.